The molecule has 1 aromatic carbocycles. The Morgan fingerprint density at radius 1 is 1.30 bits per heavy atom. The van der Waals surface area contributed by atoms with Crippen LogP contribution in [-0.2, 0) is 6.54 Å². The predicted octanol–water partition coefficient (Wildman–Crippen LogP) is 3.92. The summed E-state index contributed by atoms with van der Waals surface area (Å²) in [5, 5.41) is 4.57. The fraction of sp³-hybridized carbons (Fsp3) is 0.125. The summed E-state index contributed by atoms with van der Waals surface area (Å²) in [6.45, 7) is 2.71. The summed E-state index contributed by atoms with van der Waals surface area (Å²) in [6, 6.07) is 9.71. The first-order valence-electron chi connectivity index (χ1n) is 6.36. The number of allylic oxidation sites excluding steroid dienone is 3. The first-order chi connectivity index (χ1) is 9.69. The van der Waals surface area contributed by atoms with Gasteiger partial charge in [-0.15, -0.1) is 0 Å². The number of carbonyl (C=O) groups is 1. The van der Waals surface area contributed by atoms with Crippen molar-refractivity contribution in [1.82, 2.24) is 9.78 Å². The van der Waals surface area contributed by atoms with Gasteiger partial charge in [-0.25, -0.2) is 0 Å². The van der Waals surface area contributed by atoms with E-state index in [1.807, 2.05) is 37.3 Å². The van der Waals surface area contributed by atoms with Crippen LogP contribution in [0.15, 0.2) is 59.9 Å². The molecule has 2 aromatic rings. The van der Waals surface area contributed by atoms with Crippen LogP contribution < -0.4 is 0 Å². The van der Waals surface area contributed by atoms with E-state index in [0.717, 1.165) is 12.1 Å². The molecule has 0 radical (unpaired) electrons. The van der Waals surface area contributed by atoms with Gasteiger partial charge in [-0.1, -0.05) is 41.9 Å². The Bertz CT molecular complexity index is 642. The lowest BCUT2D eigenvalue weighted by Gasteiger charge is -1.93. The first-order valence-corrected chi connectivity index (χ1v) is 6.74. The maximum atomic E-state index is 11.9. The molecule has 1 heterocycles. The second-order valence-corrected chi connectivity index (χ2v) is 4.66. The minimum atomic E-state index is -0.107. The van der Waals surface area contributed by atoms with Crippen molar-refractivity contribution in [1.29, 1.82) is 0 Å². The Kier molecular flexibility index (Phi) is 4.91. The lowest BCUT2D eigenvalue weighted by atomic mass is 10.2. The van der Waals surface area contributed by atoms with Gasteiger partial charge in [-0.3, -0.25) is 9.48 Å². The van der Waals surface area contributed by atoms with Crippen molar-refractivity contribution in [2.75, 3.05) is 0 Å². The number of nitrogens with zero attached hydrogens (tertiary/aromatic N) is 2. The topological polar surface area (TPSA) is 34.9 Å². The fourth-order valence-corrected chi connectivity index (χ4v) is 1.86. The van der Waals surface area contributed by atoms with Crippen LogP contribution in [0.2, 0.25) is 0 Å². The molecule has 20 heavy (non-hydrogen) atoms. The highest BCUT2D eigenvalue weighted by Crippen LogP contribution is 2.12. The molecular weight excluding hydrogens is 272 g/mol. The molecule has 0 aliphatic heterocycles. The molecule has 3 nitrogen and oxygen atoms in total. The van der Waals surface area contributed by atoms with Gasteiger partial charge >= 0.3 is 0 Å². The number of halogens is 1. The summed E-state index contributed by atoms with van der Waals surface area (Å²) < 4.78 is 1.71. The second-order valence-electron chi connectivity index (χ2n) is 4.22. The number of hydrogen-bond acceptors (Lipinski definition) is 2. The molecule has 0 spiro atoms. The van der Waals surface area contributed by atoms with E-state index in [1.165, 1.54) is 6.08 Å². The molecule has 0 N–H and O–H groups in total. The molecule has 0 bridgehead atoms. The Balaban J connectivity index is 2.05. The van der Waals surface area contributed by atoms with E-state index >= 15 is 0 Å². The van der Waals surface area contributed by atoms with E-state index in [2.05, 4.69) is 5.10 Å². The van der Waals surface area contributed by atoms with Gasteiger partial charge in [0, 0.05) is 17.8 Å². The zero-order valence-corrected chi connectivity index (χ0v) is 11.9. The third-order valence-corrected chi connectivity index (χ3v) is 2.97. The highest BCUT2D eigenvalue weighted by atomic mass is 35.5. The fourth-order valence-electron chi connectivity index (χ4n) is 1.67. The SMILES string of the molecule is CCn1cc(C(=O)/C=C/C(Cl)=C/c2ccccc2)cn1. The van der Waals surface area contributed by atoms with Gasteiger partial charge < -0.3 is 0 Å². The van der Waals surface area contributed by atoms with Gasteiger partial charge in [0.25, 0.3) is 0 Å². The molecule has 1 aromatic heterocycles. The number of hydrogen-bond donors (Lipinski definition) is 0. The minimum absolute atomic E-state index is 0.107. The van der Waals surface area contributed by atoms with Crippen molar-refractivity contribution in [3.05, 3.63) is 71.0 Å². The number of aromatic nitrogens is 2. The van der Waals surface area contributed by atoms with E-state index in [-0.39, 0.29) is 5.78 Å². The Morgan fingerprint density at radius 3 is 2.70 bits per heavy atom. The van der Waals surface area contributed by atoms with Crippen LogP contribution in [-0.4, -0.2) is 15.6 Å². The van der Waals surface area contributed by atoms with Crippen LogP contribution in [0.3, 0.4) is 0 Å². The van der Waals surface area contributed by atoms with Gasteiger partial charge in [0.1, 0.15) is 0 Å². The van der Waals surface area contributed by atoms with Crippen molar-refractivity contribution in [3.63, 3.8) is 0 Å². The number of ketones is 1. The quantitative estimate of drug-likeness (QED) is 0.474. The van der Waals surface area contributed by atoms with Crippen molar-refractivity contribution in [2.45, 2.75) is 13.5 Å². The molecule has 2 rings (SSSR count). The molecule has 0 saturated carbocycles. The van der Waals surface area contributed by atoms with E-state index in [1.54, 1.807) is 29.2 Å². The largest absolute Gasteiger partial charge is 0.289 e. The van der Waals surface area contributed by atoms with Gasteiger partial charge in [-0.2, -0.15) is 5.10 Å². The molecule has 0 fully saturated rings. The molecule has 0 aliphatic rings. The normalized spacial score (nSPS) is 12.0. The molecule has 4 heteroatoms. The van der Waals surface area contributed by atoms with E-state index in [4.69, 9.17) is 11.6 Å². The zero-order chi connectivity index (χ0) is 14.4. The van der Waals surface area contributed by atoms with Crippen LogP contribution in [0.1, 0.15) is 22.8 Å². The van der Waals surface area contributed by atoms with Crippen molar-refractivity contribution in [2.24, 2.45) is 0 Å². The van der Waals surface area contributed by atoms with Crippen LogP contribution in [0, 0.1) is 0 Å². The van der Waals surface area contributed by atoms with Gasteiger partial charge in [0.2, 0.25) is 0 Å². The smallest absolute Gasteiger partial charge is 0.189 e. The molecule has 102 valence electrons. The summed E-state index contributed by atoms with van der Waals surface area (Å²) >= 11 is 6.08. The summed E-state index contributed by atoms with van der Waals surface area (Å²) in [6.07, 6.45) is 8.15. The van der Waals surface area contributed by atoms with E-state index in [0.29, 0.717) is 10.6 Å². The number of rotatable bonds is 5. The average molecular weight is 287 g/mol. The lowest BCUT2D eigenvalue weighted by molar-refractivity contribution is 0.104. The highest BCUT2D eigenvalue weighted by molar-refractivity contribution is 6.33. The van der Waals surface area contributed by atoms with Crippen LogP contribution in [0.25, 0.3) is 6.08 Å². The van der Waals surface area contributed by atoms with Crippen LogP contribution in [0.4, 0.5) is 0 Å². The monoisotopic (exact) mass is 286 g/mol. The van der Waals surface area contributed by atoms with E-state index in [9.17, 15) is 4.79 Å². The minimum Gasteiger partial charge on any atom is -0.289 e. The lowest BCUT2D eigenvalue weighted by Crippen LogP contribution is -1.94. The molecular formula is C16H15ClN2O. The van der Waals surface area contributed by atoms with Crippen molar-refractivity contribution in [3.8, 4) is 0 Å². The van der Waals surface area contributed by atoms with Gasteiger partial charge in [-0.05, 0) is 30.7 Å². The predicted molar refractivity (Wildman–Crippen MR) is 81.6 cm³/mol. The van der Waals surface area contributed by atoms with Gasteiger partial charge in [0.05, 0.1) is 11.8 Å². The molecule has 0 amide bonds. The summed E-state index contributed by atoms with van der Waals surface area (Å²) in [7, 11) is 0. The zero-order valence-electron chi connectivity index (χ0n) is 11.2. The second kappa shape index (κ2) is 6.87. The van der Waals surface area contributed by atoms with Gasteiger partial charge in [0.15, 0.2) is 5.78 Å². The number of benzene rings is 1. The Morgan fingerprint density at radius 2 is 2.05 bits per heavy atom. The molecule has 0 atom stereocenters. The average Bonchev–Trinajstić information content (AvgIpc) is 2.95. The number of carbonyl (C=O) groups excluding carboxylic acids is 1. The van der Waals surface area contributed by atoms with Crippen molar-refractivity contribution < 1.29 is 4.79 Å². The third kappa shape index (κ3) is 3.93. The van der Waals surface area contributed by atoms with E-state index < -0.39 is 0 Å². The molecule has 0 aliphatic carbocycles. The Hall–Kier alpha value is -2.13. The standard InChI is InChI=1S/C16H15ClN2O/c1-2-19-12-14(11-18-19)16(20)9-8-15(17)10-13-6-4-3-5-7-13/h3-12H,2H2,1H3/b9-8+,15-10-. The first kappa shape index (κ1) is 14.3. The van der Waals surface area contributed by atoms with Crippen LogP contribution in [0.5, 0.6) is 0 Å². The highest BCUT2D eigenvalue weighted by Gasteiger charge is 2.04. The maximum absolute atomic E-state index is 11.9. The third-order valence-electron chi connectivity index (χ3n) is 2.74. The summed E-state index contributed by atoms with van der Waals surface area (Å²) in [5.74, 6) is -0.107. The van der Waals surface area contributed by atoms with Crippen LogP contribution >= 0.6 is 11.6 Å². The molecule has 0 saturated heterocycles. The number of aryl methyl sites for hydroxylation is 1. The summed E-state index contributed by atoms with van der Waals surface area (Å²) in [5.41, 5.74) is 1.56. The maximum Gasteiger partial charge on any atom is 0.189 e. The molecule has 0 unspecified atom stereocenters. The Labute approximate surface area is 123 Å². The summed E-state index contributed by atoms with van der Waals surface area (Å²) in [4.78, 5) is 11.9. The van der Waals surface area contributed by atoms with Crippen molar-refractivity contribution >= 4 is 23.5 Å².